The third-order valence-electron chi connectivity index (χ3n) is 1.29. The summed E-state index contributed by atoms with van der Waals surface area (Å²) in [5.74, 6) is 0.423. The van der Waals surface area contributed by atoms with Gasteiger partial charge in [0.15, 0.2) is 0 Å². The van der Waals surface area contributed by atoms with Crippen molar-refractivity contribution in [2.75, 3.05) is 20.2 Å². The van der Waals surface area contributed by atoms with Gasteiger partial charge in [-0.2, -0.15) is 4.99 Å². The van der Waals surface area contributed by atoms with E-state index in [2.05, 4.69) is 15.3 Å². The maximum absolute atomic E-state index is 8.76. The van der Waals surface area contributed by atoms with Crippen LogP contribution in [0.2, 0.25) is 0 Å². The zero-order valence-electron chi connectivity index (χ0n) is 6.19. The number of hydroxylamine groups is 1. The van der Waals surface area contributed by atoms with Crippen molar-refractivity contribution in [1.82, 2.24) is 10.4 Å². The van der Waals surface area contributed by atoms with Crippen molar-refractivity contribution in [3.63, 3.8) is 0 Å². The number of aliphatic imine (C=N–C) groups is 1. The van der Waals surface area contributed by atoms with E-state index in [9.17, 15) is 0 Å². The molecule has 0 aromatic heterocycles. The Hall–Kier alpha value is -0.850. The summed E-state index contributed by atoms with van der Waals surface area (Å²) in [5.41, 5.74) is 2.41. The second kappa shape index (κ2) is 3.51. The molecule has 1 rings (SSSR count). The van der Waals surface area contributed by atoms with Gasteiger partial charge in [0, 0.05) is 13.6 Å². The first-order valence-corrected chi connectivity index (χ1v) is 3.23. The molecule has 6 heteroatoms. The van der Waals surface area contributed by atoms with Crippen LogP contribution in [0.25, 0.3) is 0 Å². The number of nitrogens with one attached hydrogen (secondary N) is 1. The molecule has 1 aliphatic heterocycles. The second-order valence-corrected chi connectivity index (χ2v) is 2.14. The smallest absolute Gasteiger partial charge is 0.281 e. The standard InChI is InChI=1S/C5H11N3O3/c1-8(2-3-9)4-6-5(10)11-7-4/h5,9-10H,2-3H2,1H3,(H,6,7). The summed E-state index contributed by atoms with van der Waals surface area (Å²) in [4.78, 5) is 9.81. The molecule has 0 saturated heterocycles. The lowest BCUT2D eigenvalue weighted by molar-refractivity contribution is -0.103. The molecule has 0 aromatic rings. The van der Waals surface area contributed by atoms with Crippen molar-refractivity contribution in [3.05, 3.63) is 0 Å². The first-order chi connectivity index (χ1) is 5.24. The van der Waals surface area contributed by atoms with Crippen LogP contribution in [0.4, 0.5) is 0 Å². The molecule has 6 nitrogen and oxygen atoms in total. The van der Waals surface area contributed by atoms with Gasteiger partial charge in [0.25, 0.3) is 6.41 Å². The number of rotatable bonds is 2. The Kier molecular flexibility index (Phi) is 2.64. The lowest BCUT2D eigenvalue weighted by atomic mass is 10.6. The lowest BCUT2D eigenvalue weighted by Gasteiger charge is -2.15. The highest BCUT2D eigenvalue weighted by molar-refractivity contribution is 5.79. The van der Waals surface area contributed by atoms with E-state index >= 15 is 0 Å². The highest BCUT2D eigenvalue weighted by atomic mass is 16.7. The molecule has 64 valence electrons. The second-order valence-electron chi connectivity index (χ2n) is 2.14. The molecular formula is C5H11N3O3. The average molecular weight is 161 g/mol. The molecule has 0 fully saturated rings. The van der Waals surface area contributed by atoms with Gasteiger partial charge in [0.05, 0.1) is 6.61 Å². The summed E-state index contributed by atoms with van der Waals surface area (Å²) in [6.45, 7) is 0.481. The van der Waals surface area contributed by atoms with E-state index in [0.717, 1.165) is 0 Å². The van der Waals surface area contributed by atoms with Crippen molar-refractivity contribution in [2.45, 2.75) is 6.41 Å². The topological polar surface area (TPSA) is 77.3 Å². The van der Waals surface area contributed by atoms with Gasteiger partial charge in [-0.05, 0) is 0 Å². The molecular weight excluding hydrogens is 150 g/mol. The van der Waals surface area contributed by atoms with E-state index in [1.54, 1.807) is 11.9 Å². The van der Waals surface area contributed by atoms with Gasteiger partial charge in [0.2, 0.25) is 5.96 Å². The minimum absolute atomic E-state index is 0.0350. The number of aliphatic hydroxyl groups is 2. The van der Waals surface area contributed by atoms with Crippen molar-refractivity contribution in [2.24, 2.45) is 4.99 Å². The zero-order chi connectivity index (χ0) is 8.27. The molecule has 1 unspecified atom stereocenters. The molecule has 0 spiro atoms. The van der Waals surface area contributed by atoms with E-state index in [1.807, 2.05) is 0 Å². The predicted octanol–water partition coefficient (Wildman–Crippen LogP) is -1.92. The summed E-state index contributed by atoms with van der Waals surface area (Å²) in [6, 6.07) is 0. The maximum atomic E-state index is 8.76. The van der Waals surface area contributed by atoms with Gasteiger partial charge in [-0.1, -0.05) is 0 Å². The fourth-order valence-electron chi connectivity index (χ4n) is 0.695. The van der Waals surface area contributed by atoms with E-state index < -0.39 is 6.41 Å². The van der Waals surface area contributed by atoms with Crippen molar-refractivity contribution in [3.8, 4) is 0 Å². The molecule has 11 heavy (non-hydrogen) atoms. The monoisotopic (exact) mass is 161 g/mol. The Balaban J connectivity index is 2.41. The van der Waals surface area contributed by atoms with Gasteiger partial charge in [-0.25, -0.2) is 10.3 Å². The van der Waals surface area contributed by atoms with Gasteiger partial charge in [0.1, 0.15) is 0 Å². The van der Waals surface area contributed by atoms with Crippen molar-refractivity contribution in [1.29, 1.82) is 0 Å². The minimum atomic E-state index is -1.13. The minimum Gasteiger partial charge on any atom is -0.395 e. The number of hydrogen-bond acceptors (Lipinski definition) is 6. The van der Waals surface area contributed by atoms with Crippen LogP contribution >= 0.6 is 0 Å². The number of hydrogen-bond donors (Lipinski definition) is 3. The predicted molar refractivity (Wildman–Crippen MR) is 37.4 cm³/mol. The summed E-state index contributed by atoms with van der Waals surface area (Å²) in [6.07, 6.45) is -1.13. The molecule has 0 saturated carbocycles. The van der Waals surface area contributed by atoms with Crippen LogP contribution in [0.5, 0.6) is 0 Å². The molecule has 0 amide bonds. The first-order valence-electron chi connectivity index (χ1n) is 3.23. The molecule has 1 aliphatic rings. The highest BCUT2D eigenvalue weighted by Crippen LogP contribution is 1.97. The summed E-state index contributed by atoms with van der Waals surface area (Å²) in [5, 5.41) is 17.3. The normalized spacial score (nSPS) is 22.8. The Labute approximate surface area is 64.1 Å². The molecule has 0 radical (unpaired) electrons. The van der Waals surface area contributed by atoms with Crippen molar-refractivity contribution >= 4 is 5.96 Å². The van der Waals surface area contributed by atoms with E-state index in [1.165, 1.54) is 0 Å². The average Bonchev–Trinajstić information content (AvgIpc) is 2.36. The third-order valence-corrected chi connectivity index (χ3v) is 1.29. The van der Waals surface area contributed by atoms with Crippen LogP contribution in [-0.4, -0.2) is 47.7 Å². The van der Waals surface area contributed by atoms with Crippen LogP contribution < -0.4 is 5.48 Å². The van der Waals surface area contributed by atoms with Gasteiger partial charge in [-0.3, -0.25) is 0 Å². The third kappa shape index (κ3) is 2.04. The number of likely N-dealkylation sites (N-methyl/N-ethyl adjacent to an activating group) is 1. The lowest BCUT2D eigenvalue weighted by Crippen LogP contribution is -2.36. The number of nitrogens with zero attached hydrogens (tertiary/aromatic N) is 2. The molecule has 0 aliphatic carbocycles. The summed E-state index contributed by atoms with van der Waals surface area (Å²) >= 11 is 0. The van der Waals surface area contributed by atoms with E-state index in [0.29, 0.717) is 12.5 Å². The van der Waals surface area contributed by atoms with Crippen molar-refractivity contribution < 1.29 is 15.1 Å². The Morgan fingerprint density at radius 3 is 3.00 bits per heavy atom. The SMILES string of the molecule is CN(CCO)C1=NC(O)ON1. The maximum Gasteiger partial charge on any atom is 0.281 e. The fraction of sp³-hybridized carbons (Fsp3) is 0.800. The molecule has 0 aromatic carbocycles. The number of guanidine groups is 1. The van der Waals surface area contributed by atoms with Crippen LogP contribution in [0, 0.1) is 0 Å². The molecule has 1 heterocycles. The summed E-state index contributed by atoms with van der Waals surface area (Å²) in [7, 11) is 1.73. The summed E-state index contributed by atoms with van der Waals surface area (Å²) < 4.78 is 0. The van der Waals surface area contributed by atoms with Crippen LogP contribution in [-0.2, 0) is 4.84 Å². The zero-order valence-corrected chi connectivity index (χ0v) is 6.19. The first kappa shape index (κ1) is 8.25. The molecule has 0 bridgehead atoms. The molecule has 1 atom stereocenters. The van der Waals surface area contributed by atoms with E-state index in [4.69, 9.17) is 10.2 Å². The Morgan fingerprint density at radius 1 is 1.82 bits per heavy atom. The van der Waals surface area contributed by atoms with Gasteiger partial charge >= 0.3 is 0 Å². The van der Waals surface area contributed by atoms with E-state index in [-0.39, 0.29) is 6.61 Å². The van der Waals surface area contributed by atoms with Crippen LogP contribution in [0.1, 0.15) is 0 Å². The van der Waals surface area contributed by atoms with Crippen LogP contribution in [0.15, 0.2) is 4.99 Å². The largest absolute Gasteiger partial charge is 0.395 e. The van der Waals surface area contributed by atoms with Gasteiger partial charge < -0.3 is 15.1 Å². The van der Waals surface area contributed by atoms with Gasteiger partial charge in [-0.15, -0.1) is 0 Å². The van der Waals surface area contributed by atoms with Crippen LogP contribution in [0.3, 0.4) is 0 Å². The molecule has 3 N–H and O–H groups in total. The highest BCUT2D eigenvalue weighted by Gasteiger charge is 2.16. The quantitative estimate of drug-likeness (QED) is 0.440. The Bertz CT molecular complexity index is 161. The number of aliphatic hydroxyl groups excluding tert-OH is 2. The Morgan fingerprint density at radius 2 is 2.55 bits per heavy atom. The fourth-order valence-corrected chi connectivity index (χ4v) is 0.695.